The third kappa shape index (κ3) is 3.14. The summed E-state index contributed by atoms with van der Waals surface area (Å²) in [5.41, 5.74) is 5.35. The van der Waals surface area contributed by atoms with Crippen LogP contribution >= 0.6 is 0 Å². The molecule has 2 aromatic heterocycles. The molecule has 2 N–H and O–H groups in total. The Labute approximate surface area is 125 Å². The highest BCUT2D eigenvalue weighted by Crippen LogP contribution is 2.22. The largest absolute Gasteiger partial charge is 0.361 e. The summed E-state index contributed by atoms with van der Waals surface area (Å²) in [6.45, 7) is 4.07. The summed E-state index contributed by atoms with van der Waals surface area (Å²) in [4.78, 5) is 7.46. The number of H-pyrrole nitrogens is 1. The summed E-state index contributed by atoms with van der Waals surface area (Å²) in [5, 5.41) is 4.85. The Kier molecular flexibility index (Phi) is 4.31. The molecule has 3 nitrogen and oxygen atoms in total. The number of hydrogen-bond donors (Lipinski definition) is 2. The van der Waals surface area contributed by atoms with Crippen LogP contribution in [-0.2, 0) is 19.4 Å². The normalized spacial score (nSPS) is 11.1. The van der Waals surface area contributed by atoms with Crippen molar-refractivity contribution in [2.24, 2.45) is 0 Å². The van der Waals surface area contributed by atoms with E-state index in [1.807, 2.05) is 24.5 Å². The van der Waals surface area contributed by atoms with Gasteiger partial charge in [0.1, 0.15) is 0 Å². The first-order valence-corrected chi connectivity index (χ1v) is 7.56. The van der Waals surface area contributed by atoms with Crippen LogP contribution in [0.2, 0.25) is 0 Å². The zero-order valence-electron chi connectivity index (χ0n) is 12.4. The summed E-state index contributed by atoms with van der Waals surface area (Å²) < 4.78 is 0. The molecule has 0 saturated carbocycles. The summed E-state index contributed by atoms with van der Waals surface area (Å²) in [5.74, 6) is 0. The minimum atomic E-state index is 0.894. The summed E-state index contributed by atoms with van der Waals surface area (Å²) in [7, 11) is 0. The highest BCUT2D eigenvalue weighted by molar-refractivity contribution is 5.86. The lowest BCUT2D eigenvalue weighted by atomic mass is 10.1. The molecule has 0 atom stereocenters. The van der Waals surface area contributed by atoms with Crippen molar-refractivity contribution in [2.75, 3.05) is 6.54 Å². The summed E-state index contributed by atoms with van der Waals surface area (Å²) >= 11 is 0. The van der Waals surface area contributed by atoms with Gasteiger partial charge >= 0.3 is 0 Å². The Bertz CT molecular complexity index is 701. The van der Waals surface area contributed by atoms with Gasteiger partial charge in [-0.25, -0.2) is 0 Å². The first-order valence-electron chi connectivity index (χ1n) is 7.56. The predicted octanol–water partition coefficient (Wildman–Crippen LogP) is 3.46. The number of aromatic amines is 1. The molecule has 0 aliphatic heterocycles. The standard InChI is InChI=1S/C18H21N3/c1-2-15-4-3-5-17-16(13-21-18(15)17)8-11-20-12-14-6-9-19-10-7-14/h3-7,9-10,13,20-21H,2,8,11-12H2,1H3. The number of fused-ring (bicyclic) bond motifs is 1. The first-order chi connectivity index (χ1) is 10.4. The molecule has 108 valence electrons. The number of nitrogens with one attached hydrogen (secondary N) is 2. The Morgan fingerprint density at radius 1 is 1.10 bits per heavy atom. The molecular weight excluding hydrogens is 258 g/mol. The molecule has 1 aromatic carbocycles. The van der Waals surface area contributed by atoms with E-state index in [1.54, 1.807) is 0 Å². The average Bonchev–Trinajstić information content (AvgIpc) is 2.96. The van der Waals surface area contributed by atoms with Crippen molar-refractivity contribution in [2.45, 2.75) is 26.3 Å². The van der Waals surface area contributed by atoms with Crippen LogP contribution in [0.5, 0.6) is 0 Å². The number of hydrogen-bond acceptors (Lipinski definition) is 2. The SMILES string of the molecule is CCc1cccc2c(CCNCc3ccncc3)c[nH]c12. The quantitative estimate of drug-likeness (QED) is 0.678. The van der Waals surface area contributed by atoms with E-state index in [2.05, 4.69) is 46.6 Å². The molecule has 21 heavy (non-hydrogen) atoms. The van der Waals surface area contributed by atoms with Crippen LogP contribution in [0.3, 0.4) is 0 Å². The minimum absolute atomic E-state index is 0.894. The molecular formula is C18H21N3. The lowest BCUT2D eigenvalue weighted by molar-refractivity contribution is 0.688. The number of para-hydroxylation sites is 1. The number of rotatable bonds is 6. The Balaban J connectivity index is 1.61. The topological polar surface area (TPSA) is 40.7 Å². The van der Waals surface area contributed by atoms with Crippen molar-refractivity contribution >= 4 is 10.9 Å². The molecule has 0 radical (unpaired) electrons. The second kappa shape index (κ2) is 6.55. The first kappa shape index (κ1) is 13.8. The number of pyridine rings is 1. The average molecular weight is 279 g/mol. The molecule has 3 aromatic rings. The van der Waals surface area contributed by atoms with Gasteiger partial charge in [0, 0.05) is 36.0 Å². The molecule has 0 amide bonds. The van der Waals surface area contributed by atoms with Gasteiger partial charge in [0.2, 0.25) is 0 Å². The zero-order chi connectivity index (χ0) is 14.5. The van der Waals surface area contributed by atoms with Crippen molar-refractivity contribution in [3.63, 3.8) is 0 Å². The van der Waals surface area contributed by atoms with E-state index in [1.165, 1.54) is 27.6 Å². The van der Waals surface area contributed by atoms with Gasteiger partial charge in [0.05, 0.1) is 0 Å². The van der Waals surface area contributed by atoms with Crippen LogP contribution in [-0.4, -0.2) is 16.5 Å². The van der Waals surface area contributed by atoms with Crippen LogP contribution < -0.4 is 5.32 Å². The number of nitrogens with zero attached hydrogens (tertiary/aromatic N) is 1. The van der Waals surface area contributed by atoms with E-state index in [0.717, 1.165) is 25.9 Å². The number of aryl methyl sites for hydroxylation is 1. The monoisotopic (exact) mass is 279 g/mol. The van der Waals surface area contributed by atoms with Gasteiger partial charge in [0.25, 0.3) is 0 Å². The lowest BCUT2D eigenvalue weighted by Crippen LogP contribution is -2.16. The highest BCUT2D eigenvalue weighted by Gasteiger charge is 2.05. The maximum Gasteiger partial charge on any atom is 0.0489 e. The van der Waals surface area contributed by atoms with Crippen LogP contribution in [0.1, 0.15) is 23.6 Å². The third-order valence-corrected chi connectivity index (χ3v) is 3.92. The molecule has 0 saturated heterocycles. The smallest absolute Gasteiger partial charge is 0.0489 e. The van der Waals surface area contributed by atoms with Crippen molar-refractivity contribution < 1.29 is 0 Å². The van der Waals surface area contributed by atoms with Gasteiger partial charge in [-0.2, -0.15) is 0 Å². The maximum atomic E-state index is 4.03. The fourth-order valence-electron chi connectivity index (χ4n) is 2.73. The molecule has 0 spiro atoms. The number of benzene rings is 1. The Morgan fingerprint density at radius 2 is 1.95 bits per heavy atom. The molecule has 0 fully saturated rings. The van der Waals surface area contributed by atoms with E-state index in [0.29, 0.717) is 0 Å². The molecule has 0 bridgehead atoms. The molecule has 0 aliphatic rings. The van der Waals surface area contributed by atoms with Crippen molar-refractivity contribution in [3.8, 4) is 0 Å². The predicted molar refractivity (Wildman–Crippen MR) is 87.3 cm³/mol. The van der Waals surface area contributed by atoms with Gasteiger partial charge in [-0.1, -0.05) is 25.1 Å². The minimum Gasteiger partial charge on any atom is -0.361 e. The van der Waals surface area contributed by atoms with Gasteiger partial charge in [0.15, 0.2) is 0 Å². The lowest BCUT2D eigenvalue weighted by Gasteiger charge is -2.05. The van der Waals surface area contributed by atoms with Gasteiger partial charge in [-0.3, -0.25) is 4.98 Å². The van der Waals surface area contributed by atoms with E-state index in [9.17, 15) is 0 Å². The van der Waals surface area contributed by atoms with E-state index in [-0.39, 0.29) is 0 Å². The van der Waals surface area contributed by atoms with Crippen LogP contribution in [0.4, 0.5) is 0 Å². The van der Waals surface area contributed by atoms with Crippen LogP contribution in [0.15, 0.2) is 48.9 Å². The van der Waals surface area contributed by atoms with Gasteiger partial charge < -0.3 is 10.3 Å². The molecule has 3 heteroatoms. The number of aromatic nitrogens is 2. The van der Waals surface area contributed by atoms with Crippen molar-refractivity contribution in [3.05, 3.63) is 65.6 Å². The van der Waals surface area contributed by atoms with Crippen LogP contribution in [0.25, 0.3) is 10.9 Å². The molecule has 2 heterocycles. The molecule has 3 rings (SSSR count). The summed E-state index contributed by atoms with van der Waals surface area (Å²) in [6, 6.07) is 10.7. The van der Waals surface area contributed by atoms with Crippen molar-refractivity contribution in [1.29, 1.82) is 0 Å². The highest BCUT2D eigenvalue weighted by atomic mass is 14.8. The molecule has 0 unspecified atom stereocenters. The fourth-order valence-corrected chi connectivity index (χ4v) is 2.73. The zero-order valence-corrected chi connectivity index (χ0v) is 12.4. The Morgan fingerprint density at radius 3 is 2.76 bits per heavy atom. The van der Waals surface area contributed by atoms with Gasteiger partial charge in [-0.05, 0) is 48.2 Å². The van der Waals surface area contributed by atoms with E-state index >= 15 is 0 Å². The second-order valence-corrected chi connectivity index (χ2v) is 5.29. The van der Waals surface area contributed by atoms with Crippen molar-refractivity contribution in [1.82, 2.24) is 15.3 Å². The second-order valence-electron chi connectivity index (χ2n) is 5.29. The third-order valence-electron chi connectivity index (χ3n) is 3.92. The molecule has 0 aliphatic carbocycles. The fraction of sp³-hybridized carbons (Fsp3) is 0.278. The van der Waals surface area contributed by atoms with Gasteiger partial charge in [-0.15, -0.1) is 0 Å². The van der Waals surface area contributed by atoms with Crippen LogP contribution in [0, 0.1) is 0 Å². The maximum absolute atomic E-state index is 4.03. The summed E-state index contributed by atoms with van der Waals surface area (Å²) in [6.07, 6.45) is 7.93. The van der Waals surface area contributed by atoms with E-state index in [4.69, 9.17) is 0 Å². The Hall–Kier alpha value is -2.13. The van der Waals surface area contributed by atoms with E-state index < -0.39 is 0 Å².